The van der Waals surface area contributed by atoms with Crippen LogP contribution >= 0.6 is 0 Å². The lowest BCUT2D eigenvalue weighted by atomic mass is 10.1. The quantitative estimate of drug-likeness (QED) is 0.481. The third-order valence-corrected chi connectivity index (χ3v) is 5.49. The number of imide groups is 2. The van der Waals surface area contributed by atoms with E-state index < -0.39 is 24.5 Å². The van der Waals surface area contributed by atoms with Crippen LogP contribution in [0.1, 0.15) is 28.8 Å². The largest absolute Gasteiger partial charge is 0.490 e. The SMILES string of the molecule is O=C1NC(=O)C(=Cc2ccc(OC3CCN(C(=O)c4ccc(OC(F)F)cc4)CC3)cc2)C(=O)N1. The number of ether oxygens (including phenoxy) is 2. The molecule has 0 aliphatic carbocycles. The second-order valence-corrected chi connectivity index (χ2v) is 7.88. The number of hydrogen-bond acceptors (Lipinski definition) is 6. The van der Waals surface area contributed by atoms with Gasteiger partial charge in [0.05, 0.1) is 0 Å². The van der Waals surface area contributed by atoms with E-state index in [1.807, 2.05) is 10.6 Å². The van der Waals surface area contributed by atoms with Gasteiger partial charge in [-0.2, -0.15) is 8.78 Å². The first-order valence-electron chi connectivity index (χ1n) is 10.8. The molecule has 2 fully saturated rings. The molecule has 9 nitrogen and oxygen atoms in total. The number of barbiturate groups is 1. The molecule has 2 aromatic carbocycles. The summed E-state index contributed by atoms with van der Waals surface area (Å²) >= 11 is 0. The van der Waals surface area contributed by atoms with Gasteiger partial charge in [0.15, 0.2) is 0 Å². The van der Waals surface area contributed by atoms with Crippen molar-refractivity contribution >= 4 is 29.8 Å². The van der Waals surface area contributed by atoms with E-state index in [1.165, 1.54) is 30.3 Å². The third-order valence-electron chi connectivity index (χ3n) is 5.49. The molecule has 2 aliphatic rings. The topological polar surface area (TPSA) is 114 Å². The molecule has 0 radical (unpaired) electrons. The van der Waals surface area contributed by atoms with Gasteiger partial charge in [0.25, 0.3) is 17.7 Å². The molecular weight excluding hydrogens is 464 g/mol. The maximum atomic E-state index is 12.7. The summed E-state index contributed by atoms with van der Waals surface area (Å²) in [5.41, 5.74) is 0.796. The first kappa shape index (κ1) is 23.9. The number of amides is 5. The van der Waals surface area contributed by atoms with Gasteiger partial charge in [-0.1, -0.05) is 12.1 Å². The highest BCUT2D eigenvalue weighted by atomic mass is 19.3. The predicted octanol–water partition coefficient (Wildman–Crippen LogP) is 2.72. The average Bonchev–Trinajstić information content (AvgIpc) is 2.82. The monoisotopic (exact) mass is 485 g/mol. The summed E-state index contributed by atoms with van der Waals surface area (Å²) in [6.07, 6.45) is 2.49. The van der Waals surface area contributed by atoms with Crippen LogP contribution < -0.4 is 20.1 Å². The lowest BCUT2D eigenvalue weighted by Gasteiger charge is -2.32. The molecule has 182 valence electrons. The van der Waals surface area contributed by atoms with Crippen LogP contribution in [-0.2, 0) is 9.59 Å². The van der Waals surface area contributed by atoms with Gasteiger partial charge >= 0.3 is 12.6 Å². The molecule has 0 bridgehead atoms. The molecule has 0 aromatic heterocycles. The van der Waals surface area contributed by atoms with Crippen LogP contribution in [0.2, 0.25) is 0 Å². The zero-order valence-corrected chi connectivity index (χ0v) is 18.3. The van der Waals surface area contributed by atoms with Crippen molar-refractivity contribution < 1.29 is 37.4 Å². The number of likely N-dealkylation sites (tertiary alicyclic amines) is 1. The summed E-state index contributed by atoms with van der Waals surface area (Å²) in [6, 6.07) is 11.5. The molecule has 2 N–H and O–H groups in total. The Morgan fingerprint density at radius 1 is 0.914 bits per heavy atom. The van der Waals surface area contributed by atoms with Crippen LogP contribution in [0.25, 0.3) is 6.08 Å². The van der Waals surface area contributed by atoms with Gasteiger partial charge in [-0.25, -0.2) is 4.79 Å². The van der Waals surface area contributed by atoms with Crippen molar-refractivity contribution in [3.8, 4) is 11.5 Å². The minimum atomic E-state index is -2.92. The fraction of sp³-hybridized carbons (Fsp3) is 0.250. The lowest BCUT2D eigenvalue weighted by Crippen LogP contribution is -2.51. The summed E-state index contributed by atoms with van der Waals surface area (Å²) in [5.74, 6) is -1.14. The second kappa shape index (κ2) is 10.3. The molecule has 11 heteroatoms. The third kappa shape index (κ3) is 5.99. The van der Waals surface area contributed by atoms with E-state index in [0.717, 1.165) is 0 Å². The fourth-order valence-corrected chi connectivity index (χ4v) is 3.75. The maximum absolute atomic E-state index is 12.7. The number of carbonyl (C=O) groups excluding carboxylic acids is 4. The van der Waals surface area contributed by atoms with Gasteiger partial charge in [0.1, 0.15) is 23.2 Å². The molecule has 0 unspecified atom stereocenters. The minimum Gasteiger partial charge on any atom is -0.490 e. The maximum Gasteiger partial charge on any atom is 0.387 e. The van der Waals surface area contributed by atoms with Gasteiger partial charge in [0, 0.05) is 31.5 Å². The van der Waals surface area contributed by atoms with Crippen molar-refractivity contribution in [2.45, 2.75) is 25.6 Å². The highest BCUT2D eigenvalue weighted by Crippen LogP contribution is 2.23. The normalized spacial score (nSPS) is 16.6. The minimum absolute atomic E-state index is 0.00811. The van der Waals surface area contributed by atoms with Crippen molar-refractivity contribution in [1.29, 1.82) is 0 Å². The van der Waals surface area contributed by atoms with Gasteiger partial charge in [-0.15, -0.1) is 0 Å². The Bertz CT molecular complexity index is 1130. The van der Waals surface area contributed by atoms with Gasteiger partial charge in [0.2, 0.25) is 0 Å². The van der Waals surface area contributed by atoms with Crippen LogP contribution in [0.4, 0.5) is 13.6 Å². The number of halogens is 2. The fourth-order valence-electron chi connectivity index (χ4n) is 3.75. The molecule has 2 aliphatic heterocycles. The van der Waals surface area contributed by atoms with Crippen LogP contribution in [0.15, 0.2) is 54.1 Å². The van der Waals surface area contributed by atoms with E-state index >= 15 is 0 Å². The van der Waals surface area contributed by atoms with Crippen molar-refractivity contribution in [2.24, 2.45) is 0 Å². The highest BCUT2D eigenvalue weighted by molar-refractivity contribution is 6.31. The molecule has 2 saturated heterocycles. The molecule has 0 atom stereocenters. The number of nitrogens with zero attached hydrogens (tertiary/aromatic N) is 1. The summed E-state index contributed by atoms with van der Waals surface area (Å²) in [6.45, 7) is -1.96. The first-order valence-corrected chi connectivity index (χ1v) is 10.8. The number of urea groups is 1. The van der Waals surface area contributed by atoms with E-state index in [1.54, 1.807) is 29.2 Å². The first-order chi connectivity index (χ1) is 16.8. The number of nitrogens with one attached hydrogen (secondary N) is 2. The van der Waals surface area contributed by atoms with Crippen LogP contribution in [-0.4, -0.2) is 54.5 Å². The lowest BCUT2D eigenvalue weighted by molar-refractivity contribution is -0.123. The smallest absolute Gasteiger partial charge is 0.387 e. The van der Waals surface area contributed by atoms with E-state index in [0.29, 0.717) is 42.8 Å². The zero-order chi connectivity index (χ0) is 24.9. The second-order valence-electron chi connectivity index (χ2n) is 7.88. The Morgan fingerprint density at radius 3 is 2.06 bits per heavy atom. The Morgan fingerprint density at radius 2 is 1.49 bits per heavy atom. The number of piperidine rings is 1. The summed E-state index contributed by atoms with van der Waals surface area (Å²) in [7, 11) is 0. The summed E-state index contributed by atoms with van der Waals surface area (Å²) in [4.78, 5) is 49.1. The predicted molar refractivity (Wildman–Crippen MR) is 119 cm³/mol. The molecule has 0 spiro atoms. The Kier molecular flexibility index (Phi) is 7.04. The molecule has 35 heavy (non-hydrogen) atoms. The average molecular weight is 485 g/mol. The Labute approximate surface area is 198 Å². The molecule has 5 amide bonds. The molecule has 2 heterocycles. The van der Waals surface area contributed by atoms with Crippen LogP contribution in [0.3, 0.4) is 0 Å². The van der Waals surface area contributed by atoms with Crippen LogP contribution in [0.5, 0.6) is 11.5 Å². The highest BCUT2D eigenvalue weighted by Gasteiger charge is 2.28. The number of benzene rings is 2. The van der Waals surface area contributed by atoms with E-state index in [4.69, 9.17) is 4.74 Å². The number of hydrogen-bond donors (Lipinski definition) is 2. The van der Waals surface area contributed by atoms with Crippen molar-refractivity contribution in [3.05, 3.63) is 65.2 Å². The van der Waals surface area contributed by atoms with Crippen molar-refractivity contribution in [3.63, 3.8) is 0 Å². The molecule has 2 aromatic rings. The number of carbonyl (C=O) groups is 4. The molecule has 0 saturated carbocycles. The Hall–Kier alpha value is -4.28. The summed E-state index contributed by atoms with van der Waals surface area (Å²) < 4.78 is 34.8. The number of rotatable bonds is 6. The standard InChI is InChI=1S/C24H21F2N3O6/c25-23(26)35-17-7-3-15(4-8-17)22(32)29-11-9-18(10-12-29)34-16-5-1-14(2-6-16)13-19-20(30)27-24(33)28-21(19)31/h1-8,13,18,23H,9-12H2,(H2,27,28,30,31,33). The van der Waals surface area contributed by atoms with Gasteiger partial charge < -0.3 is 14.4 Å². The van der Waals surface area contributed by atoms with Gasteiger partial charge in [-0.05, 0) is 48.0 Å². The van der Waals surface area contributed by atoms with Gasteiger partial charge in [-0.3, -0.25) is 25.0 Å². The number of alkyl halides is 2. The molecule has 4 rings (SSSR count). The van der Waals surface area contributed by atoms with Crippen LogP contribution in [0, 0.1) is 0 Å². The Balaban J connectivity index is 1.29. The van der Waals surface area contributed by atoms with E-state index in [2.05, 4.69) is 4.74 Å². The zero-order valence-electron chi connectivity index (χ0n) is 18.3. The van der Waals surface area contributed by atoms with Crippen molar-refractivity contribution in [2.75, 3.05) is 13.1 Å². The van der Waals surface area contributed by atoms with Crippen molar-refractivity contribution in [1.82, 2.24) is 15.5 Å². The summed E-state index contributed by atoms with van der Waals surface area (Å²) in [5, 5.41) is 4.03. The van der Waals surface area contributed by atoms with E-state index in [-0.39, 0.29) is 23.3 Å². The van der Waals surface area contributed by atoms with E-state index in [9.17, 15) is 28.0 Å². The molecular formula is C24H21F2N3O6.